The predicted molar refractivity (Wildman–Crippen MR) is 218 cm³/mol. The monoisotopic (exact) mass is 709 g/mol. The van der Waals surface area contributed by atoms with E-state index in [9.17, 15) is 0 Å². The zero-order valence-electron chi connectivity index (χ0n) is 34.2. The molecule has 11 aliphatic rings. The van der Waals surface area contributed by atoms with Gasteiger partial charge in [0.25, 0.3) is 0 Å². The molecule has 0 heteroatoms. The van der Waals surface area contributed by atoms with Crippen LogP contribution in [0.25, 0.3) is 0 Å². The van der Waals surface area contributed by atoms with E-state index in [1.54, 1.807) is 205 Å². The Balaban J connectivity index is 0.876. The molecule has 19 unspecified atom stereocenters. The predicted octanol–water partition coefficient (Wildman–Crippen LogP) is 14.9. The summed E-state index contributed by atoms with van der Waals surface area (Å²) in [4.78, 5) is 0. The number of fused-ring (bicyclic) bond motifs is 8. The van der Waals surface area contributed by atoms with Crippen molar-refractivity contribution in [2.75, 3.05) is 0 Å². The summed E-state index contributed by atoms with van der Waals surface area (Å²) < 4.78 is 0. The molecule has 0 aliphatic heterocycles. The van der Waals surface area contributed by atoms with Crippen LogP contribution in [-0.4, -0.2) is 0 Å². The van der Waals surface area contributed by atoms with Gasteiger partial charge in [-0.1, -0.05) is 103 Å². The molecule has 0 saturated heterocycles. The fourth-order valence-corrected chi connectivity index (χ4v) is 20.0. The summed E-state index contributed by atoms with van der Waals surface area (Å²) in [6, 6.07) is 0. The van der Waals surface area contributed by atoms with Crippen LogP contribution in [0.4, 0.5) is 0 Å². The minimum atomic E-state index is 1.11. The fourth-order valence-electron chi connectivity index (χ4n) is 20.0. The van der Waals surface area contributed by atoms with E-state index in [1.165, 1.54) is 0 Å². The molecule has 0 spiro atoms. The standard InChI is InChI=1S/C52H84/c1-2-10-33(11-3-1)43-30-50(52-32-46-23-36-14-6-7-15-37(36)29-49(46)51(52)31-43)45-27-41(38-19-18-34-12-4-5-13-35(34)22-38)26-42(28-45)39-20-21-48-44(24-39)25-40-16-8-9-17-47(40)48/h33-52H,1-32H2. The van der Waals surface area contributed by atoms with Crippen LogP contribution >= 0.6 is 0 Å². The zero-order valence-corrected chi connectivity index (χ0v) is 34.2. The van der Waals surface area contributed by atoms with Crippen molar-refractivity contribution in [3.8, 4) is 0 Å². The van der Waals surface area contributed by atoms with Crippen molar-refractivity contribution < 1.29 is 0 Å². The first kappa shape index (κ1) is 35.2. The summed E-state index contributed by atoms with van der Waals surface area (Å²) in [5.74, 6) is 22.6. The second-order valence-electron chi connectivity index (χ2n) is 23.9. The van der Waals surface area contributed by atoms with Crippen molar-refractivity contribution in [2.45, 2.75) is 205 Å². The molecule has 0 radical (unpaired) electrons. The second kappa shape index (κ2) is 15.1. The maximum absolute atomic E-state index is 1.70. The lowest BCUT2D eigenvalue weighted by molar-refractivity contribution is -0.0288. The Morgan fingerprint density at radius 2 is 0.442 bits per heavy atom. The molecule has 0 amide bonds. The van der Waals surface area contributed by atoms with Gasteiger partial charge in [-0.25, -0.2) is 0 Å². The summed E-state index contributed by atoms with van der Waals surface area (Å²) in [7, 11) is 0. The van der Waals surface area contributed by atoms with E-state index in [0.29, 0.717) is 0 Å². The second-order valence-corrected chi connectivity index (χ2v) is 23.9. The average Bonchev–Trinajstić information content (AvgIpc) is 3.77. The molecule has 0 aromatic rings. The van der Waals surface area contributed by atoms with E-state index in [4.69, 9.17) is 0 Å². The Morgan fingerprint density at radius 3 is 1.15 bits per heavy atom. The highest BCUT2D eigenvalue weighted by Crippen LogP contribution is 2.65. The van der Waals surface area contributed by atoms with Gasteiger partial charge < -0.3 is 0 Å². The van der Waals surface area contributed by atoms with E-state index in [1.807, 2.05) is 0 Å². The van der Waals surface area contributed by atoms with Gasteiger partial charge in [0, 0.05) is 0 Å². The van der Waals surface area contributed by atoms with Crippen molar-refractivity contribution in [1.82, 2.24) is 0 Å². The molecule has 0 heterocycles. The lowest BCUT2D eigenvalue weighted by Gasteiger charge is -2.53. The third kappa shape index (κ3) is 6.59. The third-order valence-electron chi connectivity index (χ3n) is 22.1. The normalized spacial score (nSPS) is 55.3. The van der Waals surface area contributed by atoms with E-state index < -0.39 is 0 Å². The van der Waals surface area contributed by atoms with Crippen LogP contribution in [0, 0.1) is 118 Å². The first-order valence-corrected chi connectivity index (χ1v) is 25.7. The summed E-state index contributed by atoms with van der Waals surface area (Å²) in [5, 5.41) is 0. The molecule has 52 heavy (non-hydrogen) atoms. The summed E-state index contributed by atoms with van der Waals surface area (Å²) in [5.41, 5.74) is 0. The molecule has 11 saturated carbocycles. The summed E-state index contributed by atoms with van der Waals surface area (Å²) in [6.45, 7) is 0. The average molecular weight is 709 g/mol. The molecular weight excluding hydrogens is 625 g/mol. The van der Waals surface area contributed by atoms with Crippen LogP contribution in [0.15, 0.2) is 0 Å². The van der Waals surface area contributed by atoms with Crippen molar-refractivity contribution in [2.24, 2.45) is 118 Å². The highest BCUT2D eigenvalue weighted by Gasteiger charge is 2.56. The summed E-state index contributed by atoms with van der Waals surface area (Å²) >= 11 is 0. The summed E-state index contributed by atoms with van der Waals surface area (Å²) in [6.07, 6.45) is 52.1. The van der Waals surface area contributed by atoms with Gasteiger partial charge in [0.2, 0.25) is 0 Å². The molecule has 0 N–H and O–H groups in total. The van der Waals surface area contributed by atoms with Crippen LogP contribution < -0.4 is 0 Å². The molecule has 11 rings (SSSR count). The first-order chi connectivity index (χ1) is 25.7. The Labute approximate surface area is 322 Å². The molecule has 0 aromatic heterocycles. The number of hydrogen-bond donors (Lipinski definition) is 0. The molecule has 19 atom stereocenters. The van der Waals surface area contributed by atoms with Crippen LogP contribution in [-0.2, 0) is 0 Å². The van der Waals surface area contributed by atoms with E-state index >= 15 is 0 Å². The van der Waals surface area contributed by atoms with Gasteiger partial charge in [-0.15, -0.1) is 0 Å². The van der Waals surface area contributed by atoms with Gasteiger partial charge in [-0.05, 0) is 221 Å². The van der Waals surface area contributed by atoms with Gasteiger partial charge in [-0.3, -0.25) is 0 Å². The molecule has 292 valence electrons. The Kier molecular flexibility index (Phi) is 10.2. The maximum Gasteiger partial charge on any atom is -0.0349 e. The minimum Gasteiger partial charge on any atom is -0.0533 e. The maximum atomic E-state index is 1.70. The van der Waals surface area contributed by atoms with Crippen molar-refractivity contribution in [1.29, 1.82) is 0 Å². The smallest absolute Gasteiger partial charge is 0.0349 e. The Hall–Kier alpha value is 0. The number of rotatable bonds is 4. The molecular formula is C52H84. The number of hydrogen-bond acceptors (Lipinski definition) is 0. The quantitative estimate of drug-likeness (QED) is 0.273. The van der Waals surface area contributed by atoms with Gasteiger partial charge >= 0.3 is 0 Å². The van der Waals surface area contributed by atoms with Gasteiger partial charge in [0.1, 0.15) is 0 Å². The molecule has 0 nitrogen and oxygen atoms in total. The highest BCUT2D eigenvalue weighted by molar-refractivity contribution is 5.06. The third-order valence-corrected chi connectivity index (χ3v) is 22.1. The van der Waals surface area contributed by atoms with Gasteiger partial charge in [-0.2, -0.15) is 0 Å². The minimum absolute atomic E-state index is 1.11. The van der Waals surface area contributed by atoms with E-state index in [-0.39, 0.29) is 0 Å². The Morgan fingerprint density at radius 1 is 0.135 bits per heavy atom. The van der Waals surface area contributed by atoms with Gasteiger partial charge in [0.15, 0.2) is 0 Å². The van der Waals surface area contributed by atoms with Crippen LogP contribution in [0.1, 0.15) is 205 Å². The van der Waals surface area contributed by atoms with Crippen molar-refractivity contribution >= 4 is 0 Å². The van der Waals surface area contributed by atoms with E-state index in [0.717, 1.165) is 118 Å². The fraction of sp³-hybridized carbons (Fsp3) is 1.00. The Bertz CT molecular complexity index is 1190. The largest absolute Gasteiger partial charge is 0.0533 e. The molecule has 11 aliphatic carbocycles. The SMILES string of the molecule is C1CCC(C2CC(C3CC(C4CCC5CCCCC5C4)CC(C4CCC5C(C4)CC4CCCCC45)C3)C3CC4CC5CCCCC5CC4C3C2)CC1. The van der Waals surface area contributed by atoms with Gasteiger partial charge in [0.05, 0.1) is 0 Å². The van der Waals surface area contributed by atoms with Crippen LogP contribution in [0.3, 0.4) is 0 Å². The van der Waals surface area contributed by atoms with Crippen LogP contribution in [0.2, 0.25) is 0 Å². The highest BCUT2D eigenvalue weighted by atomic mass is 14.6. The van der Waals surface area contributed by atoms with E-state index in [2.05, 4.69) is 0 Å². The van der Waals surface area contributed by atoms with Crippen molar-refractivity contribution in [3.05, 3.63) is 0 Å². The first-order valence-electron chi connectivity index (χ1n) is 25.7. The molecule has 11 fully saturated rings. The lowest BCUT2D eigenvalue weighted by atomic mass is 9.53. The molecule has 0 bridgehead atoms. The zero-order chi connectivity index (χ0) is 34.2. The molecule has 0 aromatic carbocycles. The lowest BCUT2D eigenvalue weighted by Crippen LogP contribution is -2.44. The van der Waals surface area contributed by atoms with Crippen LogP contribution in [0.5, 0.6) is 0 Å². The van der Waals surface area contributed by atoms with Crippen molar-refractivity contribution in [3.63, 3.8) is 0 Å². The topological polar surface area (TPSA) is 0 Å².